The predicted molar refractivity (Wildman–Crippen MR) is 127 cm³/mol. The molecule has 0 radical (unpaired) electrons. The van der Waals surface area contributed by atoms with Crippen molar-refractivity contribution < 1.29 is 13.1 Å². The van der Waals surface area contributed by atoms with E-state index in [0.29, 0.717) is 10.9 Å². The van der Waals surface area contributed by atoms with Crippen molar-refractivity contribution in [3.05, 3.63) is 79.4 Å². The maximum atomic E-state index is 12.3. The number of hydrogen-bond donors (Lipinski definition) is 1. The van der Waals surface area contributed by atoms with Gasteiger partial charge in [-0.1, -0.05) is 28.9 Å². The zero-order valence-electron chi connectivity index (χ0n) is 18.6. The van der Waals surface area contributed by atoms with E-state index in [1.165, 1.54) is 12.8 Å². The fraction of sp³-hybridized carbons (Fsp3) is 0.240. The van der Waals surface area contributed by atoms with Gasteiger partial charge in [-0.3, -0.25) is 0 Å². The fourth-order valence-corrected chi connectivity index (χ4v) is 4.81. The first-order chi connectivity index (χ1) is 15.9. The van der Waals surface area contributed by atoms with Crippen LogP contribution in [0.25, 0.3) is 22.5 Å². The fourth-order valence-electron chi connectivity index (χ4n) is 3.75. The molecule has 2 aromatic carbocycles. The average Bonchev–Trinajstić information content (AvgIpc) is 3.55. The number of hydrogen-bond acceptors (Lipinski definition) is 5. The third-order valence-electron chi connectivity index (χ3n) is 5.86. The minimum atomic E-state index is -3.27. The second-order valence-corrected chi connectivity index (χ2v) is 11.1. The van der Waals surface area contributed by atoms with Crippen LogP contribution in [0, 0.1) is 0 Å². The van der Waals surface area contributed by atoms with E-state index >= 15 is 0 Å². The maximum absolute atomic E-state index is 12.3. The average molecular weight is 461 g/mol. The van der Waals surface area contributed by atoms with Gasteiger partial charge in [-0.15, -0.1) is 10.2 Å². The number of nitrogens with zero attached hydrogens (tertiary/aromatic N) is 4. The number of anilines is 1. The summed E-state index contributed by atoms with van der Waals surface area (Å²) in [6.45, 7) is 3.39. The van der Waals surface area contributed by atoms with Gasteiger partial charge in [0, 0.05) is 23.7 Å². The lowest BCUT2D eigenvalue weighted by molar-refractivity contribution is -0.642. The van der Waals surface area contributed by atoms with E-state index in [4.69, 9.17) is 0 Å². The van der Waals surface area contributed by atoms with Gasteiger partial charge in [-0.25, -0.2) is 8.42 Å². The van der Waals surface area contributed by atoms with E-state index in [9.17, 15) is 8.42 Å². The van der Waals surface area contributed by atoms with Gasteiger partial charge < -0.3 is 4.57 Å². The molecule has 1 fully saturated rings. The molecule has 1 aliphatic rings. The lowest BCUT2D eigenvalue weighted by Crippen LogP contribution is -2.41. The lowest BCUT2D eigenvalue weighted by atomic mass is 10.1. The molecule has 0 saturated heterocycles. The van der Waals surface area contributed by atoms with Crippen molar-refractivity contribution in [2.45, 2.75) is 42.9 Å². The molecule has 1 saturated carbocycles. The molecule has 5 rings (SSSR count). The van der Waals surface area contributed by atoms with Gasteiger partial charge in [0.05, 0.1) is 15.8 Å². The Hall–Kier alpha value is -3.52. The summed E-state index contributed by atoms with van der Waals surface area (Å²) in [6, 6.07) is 19.7. The molecular formula is C25H26N5O2S+. The van der Waals surface area contributed by atoms with Crippen LogP contribution in [-0.4, -0.2) is 28.4 Å². The summed E-state index contributed by atoms with van der Waals surface area (Å²) in [5, 5.41) is 7.97. The van der Waals surface area contributed by atoms with E-state index in [-0.39, 0.29) is 0 Å². The van der Waals surface area contributed by atoms with Crippen LogP contribution in [0.3, 0.4) is 0 Å². The van der Waals surface area contributed by atoms with Gasteiger partial charge in [0.1, 0.15) is 6.33 Å². The van der Waals surface area contributed by atoms with Crippen molar-refractivity contribution in [2.24, 2.45) is 0 Å². The Bertz CT molecular complexity index is 1370. The summed E-state index contributed by atoms with van der Waals surface area (Å²) in [7, 11) is -3.27. The van der Waals surface area contributed by atoms with Crippen LogP contribution in [0.4, 0.5) is 5.69 Å². The van der Waals surface area contributed by atoms with Crippen LogP contribution in [0.2, 0.25) is 0 Å². The highest BCUT2D eigenvalue weighted by atomic mass is 32.2. The molecule has 0 aliphatic heterocycles. The Morgan fingerprint density at radius 2 is 1.67 bits per heavy atom. The Kier molecular flexibility index (Phi) is 5.46. The Morgan fingerprint density at radius 1 is 0.970 bits per heavy atom. The second-order valence-electron chi connectivity index (χ2n) is 8.60. The SMILES string of the molecule is CC(C)S(=O)(=O)c1ccc(-c2cc[n+](Nc3cccc(-c4nncn4C4CC4)c3)cc2)cc1. The van der Waals surface area contributed by atoms with Crippen molar-refractivity contribution in [2.75, 3.05) is 5.43 Å². The van der Waals surface area contributed by atoms with E-state index in [1.54, 1.807) is 26.0 Å². The minimum absolute atomic E-state index is 0.353. The van der Waals surface area contributed by atoms with Crippen LogP contribution in [-0.2, 0) is 9.84 Å². The molecule has 8 heteroatoms. The van der Waals surface area contributed by atoms with E-state index in [0.717, 1.165) is 28.2 Å². The van der Waals surface area contributed by atoms with Crippen LogP contribution in [0.1, 0.15) is 32.7 Å². The zero-order chi connectivity index (χ0) is 23.0. The van der Waals surface area contributed by atoms with Crippen LogP contribution in [0.15, 0.2) is 84.3 Å². The minimum Gasteiger partial charge on any atom is -0.310 e. The molecule has 1 aliphatic carbocycles. The van der Waals surface area contributed by atoms with Gasteiger partial charge in [0.25, 0.3) is 0 Å². The molecule has 0 spiro atoms. The molecule has 0 bridgehead atoms. The van der Waals surface area contributed by atoms with Gasteiger partial charge in [0.15, 0.2) is 28.1 Å². The Morgan fingerprint density at radius 3 is 2.33 bits per heavy atom. The van der Waals surface area contributed by atoms with Crippen molar-refractivity contribution >= 4 is 15.5 Å². The summed E-state index contributed by atoms with van der Waals surface area (Å²) in [5.41, 5.74) is 7.31. The van der Waals surface area contributed by atoms with Gasteiger partial charge in [-0.2, -0.15) is 5.43 Å². The first-order valence-corrected chi connectivity index (χ1v) is 12.6. The topological polar surface area (TPSA) is 80.8 Å². The molecule has 0 amide bonds. The predicted octanol–water partition coefficient (Wildman–Crippen LogP) is 4.29. The Balaban J connectivity index is 1.32. The number of aromatic nitrogens is 4. The second kappa shape index (κ2) is 8.44. The van der Waals surface area contributed by atoms with Gasteiger partial charge in [-0.05, 0) is 62.1 Å². The highest BCUT2D eigenvalue weighted by molar-refractivity contribution is 7.92. The molecule has 33 heavy (non-hydrogen) atoms. The normalized spacial score (nSPS) is 13.9. The monoisotopic (exact) mass is 460 g/mol. The molecule has 2 aromatic heterocycles. The number of sulfone groups is 1. The number of rotatable bonds is 7. The number of pyridine rings is 1. The van der Waals surface area contributed by atoms with E-state index in [2.05, 4.69) is 26.3 Å². The zero-order valence-corrected chi connectivity index (χ0v) is 19.4. The largest absolute Gasteiger partial charge is 0.310 e. The summed E-state index contributed by atoms with van der Waals surface area (Å²) < 4.78 is 28.7. The smallest absolute Gasteiger partial charge is 0.200 e. The van der Waals surface area contributed by atoms with Crippen LogP contribution < -0.4 is 10.1 Å². The van der Waals surface area contributed by atoms with Crippen molar-refractivity contribution in [3.8, 4) is 22.5 Å². The standard InChI is InChI=1S/C25H26N5O2S/c1-18(2)33(31,32)24-10-6-19(7-11-24)20-12-14-29(15-13-20)28-22-5-3-4-21(16-22)25-27-26-17-30(25)23-8-9-23/h3-7,10-18,23,28H,8-9H2,1-2H3/q+1. The summed E-state index contributed by atoms with van der Waals surface area (Å²) in [4.78, 5) is 0.353. The third-order valence-corrected chi connectivity index (χ3v) is 8.03. The van der Waals surface area contributed by atoms with Crippen molar-refractivity contribution in [1.82, 2.24) is 14.8 Å². The highest BCUT2D eigenvalue weighted by Gasteiger charge is 2.26. The summed E-state index contributed by atoms with van der Waals surface area (Å²) in [6.07, 6.45) is 8.05. The van der Waals surface area contributed by atoms with Crippen molar-refractivity contribution in [3.63, 3.8) is 0 Å². The highest BCUT2D eigenvalue weighted by Crippen LogP contribution is 2.37. The summed E-state index contributed by atoms with van der Waals surface area (Å²) >= 11 is 0. The van der Waals surface area contributed by atoms with E-state index < -0.39 is 15.1 Å². The number of nitrogens with one attached hydrogen (secondary N) is 1. The molecule has 0 unspecified atom stereocenters. The van der Waals surface area contributed by atoms with Crippen LogP contribution >= 0.6 is 0 Å². The molecule has 4 aromatic rings. The molecular weight excluding hydrogens is 434 g/mol. The van der Waals surface area contributed by atoms with Crippen LogP contribution in [0.5, 0.6) is 0 Å². The lowest BCUT2D eigenvalue weighted by Gasteiger charge is -2.09. The van der Waals surface area contributed by atoms with Crippen molar-refractivity contribution in [1.29, 1.82) is 0 Å². The van der Waals surface area contributed by atoms with Gasteiger partial charge in [0.2, 0.25) is 0 Å². The third kappa shape index (κ3) is 4.39. The molecule has 2 heterocycles. The maximum Gasteiger partial charge on any atom is 0.200 e. The molecule has 1 N–H and O–H groups in total. The summed E-state index contributed by atoms with van der Waals surface area (Å²) in [5.74, 6) is 0.893. The molecule has 0 atom stereocenters. The molecule has 7 nitrogen and oxygen atoms in total. The first-order valence-electron chi connectivity index (χ1n) is 11.0. The quantitative estimate of drug-likeness (QED) is 0.416. The van der Waals surface area contributed by atoms with E-state index in [1.807, 2.05) is 65.9 Å². The first kappa shape index (κ1) is 21.3. The molecule has 168 valence electrons. The Labute approximate surface area is 193 Å². The number of benzene rings is 2. The van der Waals surface area contributed by atoms with Gasteiger partial charge >= 0.3 is 0 Å².